The zero-order valence-corrected chi connectivity index (χ0v) is 14.8. The molecule has 0 aromatic carbocycles. The van der Waals surface area contributed by atoms with Gasteiger partial charge in [0, 0.05) is 20.3 Å². The molecule has 21 heavy (non-hydrogen) atoms. The van der Waals surface area contributed by atoms with Crippen LogP contribution in [0.5, 0.6) is 0 Å². The quantitative estimate of drug-likeness (QED) is 0.477. The van der Waals surface area contributed by atoms with E-state index < -0.39 is 11.7 Å². The molecule has 0 rings (SSSR count). The van der Waals surface area contributed by atoms with E-state index in [4.69, 9.17) is 14.3 Å². The second-order valence-corrected chi connectivity index (χ2v) is 3.94. The highest BCUT2D eigenvalue weighted by Crippen LogP contribution is 2.06. The van der Waals surface area contributed by atoms with Gasteiger partial charge in [0.25, 0.3) is 0 Å². The lowest BCUT2D eigenvalue weighted by Crippen LogP contribution is -2.33. The Morgan fingerprint density at radius 1 is 1.10 bits per heavy atom. The van der Waals surface area contributed by atoms with Gasteiger partial charge in [0.05, 0.1) is 0 Å². The SMILES string of the molecule is C=O.CC.CCOC.CCOCONC(=O)OC(C)(C)C. The van der Waals surface area contributed by atoms with Crippen molar-refractivity contribution in [2.24, 2.45) is 0 Å². The molecule has 0 aromatic rings. The van der Waals surface area contributed by atoms with Crippen LogP contribution in [0.3, 0.4) is 0 Å². The highest BCUT2D eigenvalue weighted by atomic mass is 16.8. The fourth-order valence-electron chi connectivity index (χ4n) is 0.512. The van der Waals surface area contributed by atoms with Crippen LogP contribution in [0.2, 0.25) is 0 Å². The molecule has 1 amide bonds. The van der Waals surface area contributed by atoms with Gasteiger partial charge >= 0.3 is 6.09 Å². The second kappa shape index (κ2) is 23.9. The van der Waals surface area contributed by atoms with Crippen molar-refractivity contribution in [1.29, 1.82) is 0 Å². The highest BCUT2D eigenvalue weighted by molar-refractivity contribution is 5.66. The Bertz CT molecular complexity index is 192. The Labute approximate surface area is 129 Å². The molecule has 0 unspecified atom stereocenters. The van der Waals surface area contributed by atoms with Crippen LogP contribution in [0.4, 0.5) is 4.79 Å². The molecule has 0 saturated carbocycles. The maximum absolute atomic E-state index is 10.9. The van der Waals surface area contributed by atoms with Crippen molar-refractivity contribution in [3.8, 4) is 0 Å². The fourth-order valence-corrected chi connectivity index (χ4v) is 0.512. The third-order valence-electron chi connectivity index (χ3n) is 1.19. The maximum Gasteiger partial charge on any atom is 0.431 e. The van der Waals surface area contributed by atoms with Gasteiger partial charge in [-0.15, -0.1) is 0 Å². The Hall–Kier alpha value is -1.18. The van der Waals surface area contributed by atoms with Crippen LogP contribution in [0.1, 0.15) is 48.5 Å². The highest BCUT2D eigenvalue weighted by Gasteiger charge is 2.15. The number of carbonyl (C=O) groups is 2. The van der Waals surface area contributed by atoms with Crippen LogP contribution in [0.15, 0.2) is 0 Å². The second-order valence-electron chi connectivity index (χ2n) is 3.94. The molecule has 1 N–H and O–H groups in total. The van der Waals surface area contributed by atoms with Crippen LogP contribution >= 0.6 is 0 Å². The van der Waals surface area contributed by atoms with Gasteiger partial charge in [0.15, 0.2) is 6.79 Å². The molecule has 0 bridgehead atoms. The minimum atomic E-state index is -0.618. The Morgan fingerprint density at radius 2 is 1.52 bits per heavy atom. The van der Waals surface area contributed by atoms with Gasteiger partial charge in [-0.1, -0.05) is 13.8 Å². The topological polar surface area (TPSA) is 83.1 Å². The Balaban J connectivity index is -0.000000151. The van der Waals surface area contributed by atoms with E-state index in [0.29, 0.717) is 6.61 Å². The van der Waals surface area contributed by atoms with Gasteiger partial charge in [-0.3, -0.25) is 0 Å². The lowest BCUT2D eigenvalue weighted by atomic mass is 10.2. The van der Waals surface area contributed by atoms with Crippen molar-refractivity contribution in [3.63, 3.8) is 0 Å². The molecule has 0 aliphatic carbocycles. The average Bonchev–Trinajstić information content (AvgIpc) is 2.46. The molecular weight excluding hydrogens is 278 g/mol. The summed E-state index contributed by atoms with van der Waals surface area (Å²) in [4.78, 5) is 23.5. The molecule has 130 valence electrons. The smallest absolute Gasteiger partial charge is 0.431 e. The van der Waals surface area contributed by atoms with Gasteiger partial charge in [0.2, 0.25) is 0 Å². The molecule has 0 heterocycles. The summed E-state index contributed by atoms with van der Waals surface area (Å²) in [5, 5.41) is 0. The van der Waals surface area contributed by atoms with Gasteiger partial charge in [-0.25, -0.2) is 9.63 Å². The van der Waals surface area contributed by atoms with Crippen molar-refractivity contribution in [3.05, 3.63) is 0 Å². The first kappa shape index (κ1) is 28.0. The first-order chi connectivity index (χ1) is 9.87. The summed E-state index contributed by atoms with van der Waals surface area (Å²) in [6.45, 7) is 16.5. The summed E-state index contributed by atoms with van der Waals surface area (Å²) < 4.78 is 14.3. The number of hydrogen-bond acceptors (Lipinski definition) is 6. The first-order valence-corrected chi connectivity index (χ1v) is 6.83. The Morgan fingerprint density at radius 3 is 1.81 bits per heavy atom. The van der Waals surface area contributed by atoms with E-state index in [0.717, 1.165) is 6.61 Å². The molecule has 0 atom stereocenters. The van der Waals surface area contributed by atoms with E-state index in [1.807, 2.05) is 34.5 Å². The van der Waals surface area contributed by atoms with Crippen molar-refractivity contribution in [2.75, 3.05) is 27.1 Å². The number of carbonyl (C=O) groups excluding carboxylic acids is 2. The van der Waals surface area contributed by atoms with E-state index in [9.17, 15) is 4.79 Å². The molecule has 0 aliphatic rings. The normalized spacial score (nSPS) is 8.76. The van der Waals surface area contributed by atoms with Crippen LogP contribution in [-0.2, 0) is 23.8 Å². The predicted molar refractivity (Wildman–Crippen MR) is 83.0 cm³/mol. The lowest BCUT2D eigenvalue weighted by molar-refractivity contribution is -0.0980. The van der Waals surface area contributed by atoms with Crippen molar-refractivity contribution >= 4 is 12.9 Å². The van der Waals surface area contributed by atoms with Crippen LogP contribution in [-0.4, -0.2) is 45.6 Å². The van der Waals surface area contributed by atoms with Gasteiger partial charge < -0.3 is 19.0 Å². The van der Waals surface area contributed by atoms with Crippen molar-refractivity contribution in [1.82, 2.24) is 5.48 Å². The molecule has 0 aliphatic heterocycles. The maximum atomic E-state index is 10.9. The van der Waals surface area contributed by atoms with E-state index in [2.05, 4.69) is 15.1 Å². The zero-order chi connectivity index (χ0) is 17.7. The predicted octanol–water partition coefficient (Wildman–Crippen LogP) is 2.93. The molecule has 0 radical (unpaired) electrons. The van der Waals surface area contributed by atoms with Gasteiger partial charge in [-0.05, 0) is 34.6 Å². The minimum Gasteiger partial charge on any atom is -0.442 e. The number of methoxy groups -OCH3 is 1. The van der Waals surface area contributed by atoms with Crippen LogP contribution < -0.4 is 5.48 Å². The number of rotatable bonds is 5. The first-order valence-electron chi connectivity index (χ1n) is 6.83. The zero-order valence-electron chi connectivity index (χ0n) is 14.8. The van der Waals surface area contributed by atoms with E-state index >= 15 is 0 Å². The van der Waals surface area contributed by atoms with Gasteiger partial charge in [-0.2, -0.15) is 5.48 Å². The monoisotopic (exact) mass is 311 g/mol. The molecule has 0 fully saturated rings. The molecule has 7 nitrogen and oxygen atoms in total. The van der Waals surface area contributed by atoms with E-state index in [1.54, 1.807) is 27.9 Å². The minimum absolute atomic E-state index is 0.0236. The summed E-state index contributed by atoms with van der Waals surface area (Å²) in [6, 6.07) is 0. The standard InChI is InChI=1S/C8H17NO4.C3H8O.C2H6.CH2O/c1-5-11-6-12-9-7(10)13-8(2,3)4;1-3-4-2;2*1-2/h5-6H2,1-4H3,(H,9,10);3H2,1-2H3;1-2H3;1H2. The van der Waals surface area contributed by atoms with Crippen molar-refractivity contribution in [2.45, 2.75) is 54.1 Å². The number of hydroxylamine groups is 1. The largest absolute Gasteiger partial charge is 0.442 e. The molecular formula is C14H33NO6. The summed E-state index contributed by atoms with van der Waals surface area (Å²) in [7, 11) is 1.68. The fraction of sp³-hybridized carbons (Fsp3) is 0.857. The molecule has 7 heteroatoms. The van der Waals surface area contributed by atoms with Crippen LogP contribution in [0, 0.1) is 0 Å². The number of hydrogen-bond donors (Lipinski definition) is 1. The van der Waals surface area contributed by atoms with E-state index in [1.165, 1.54) is 0 Å². The molecule has 0 spiro atoms. The lowest BCUT2D eigenvalue weighted by Gasteiger charge is -2.19. The summed E-state index contributed by atoms with van der Waals surface area (Å²) in [6.07, 6.45) is -0.618. The van der Waals surface area contributed by atoms with Crippen molar-refractivity contribution < 1.29 is 28.6 Å². The number of ether oxygens (including phenoxy) is 3. The summed E-state index contributed by atoms with van der Waals surface area (Å²) in [5.74, 6) is 0. The van der Waals surface area contributed by atoms with Gasteiger partial charge in [0.1, 0.15) is 12.4 Å². The average molecular weight is 311 g/mol. The number of amides is 1. The molecule has 0 aromatic heterocycles. The summed E-state index contributed by atoms with van der Waals surface area (Å²) in [5.41, 5.74) is 1.57. The summed E-state index contributed by atoms with van der Waals surface area (Å²) >= 11 is 0. The van der Waals surface area contributed by atoms with Crippen LogP contribution in [0.25, 0.3) is 0 Å². The van der Waals surface area contributed by atoms with E-state index in [-0.39, 0.29) is 6.79 Å². The Kier molecular flexibility index (Phi) is 31.9. The third kappa shape index (κ3) is 45.5. The molecule has 0 saturated heterocycles. The number of nitrogens with one attached hydrogen (secondary N) is 1. The third-order valence-corrected chi connectivity index (χ3v) is 1.19.